The monoisotopic (exact) mass is 428 g/mol. The second kappa shape index (κ2) is 11.0. The van der Waals surface area contributed by atoms with Crippen LogP contribution in [0, 0.1) is 0 Å². The van der Waals surface area contributed by atoms with Crippen LogP contribution < -0.4 is 9.47 Å². The first kappa shape index (κ1) is 20.7. The van der Waals surface area contributed by atoms with Crippen molar-refractivity contribution in [2.75, 3.05) is 52.9 Å². The van der Waals surface area contributed by atoms with Gasteiger partial charge in [-0.15, -0.1) is 10.2 Å². The summed E-state index contributed by atoms with van der Waals surface area (Å²) in [4.78, 5) is 0. The molecule has 8 heteroatoms. The summed E-state index contributed by atoms with van der Waals surface area (Å²) >= 11 is 1.53. The Morgan fingerprint density at radius 2 is 1.00 bits per heavy atom. The topological polar surface area (TPSA) is 71.9 Å². The number of hydrogen-bond acceptors (Lipinski definition) is 8. The smallest absolute Gasteiger partial charge is 0.148 e. The number of rotatable bonds is 0. The summed E-state index contributed by atoms with van der Waals surface area (Å²) in [5, 5.41) is 10.4. The minimum absolute atomic E-state index is 0.473. The molecule has 0 N–H and O–H groups in total. The highest BCUT2D eigenvalue weighted by atomic mass is 32.1. The number of hydrogen-bond donors (Lipinski definition) is 0. The van der Waals surface area contributed by atoms with Gasteiger partial charge in [-0.1, -0.05) is 35.6 Å². The van der Waals surface area contributed by atoms with Gasteiger partial charge in [0, 0.05) is 11.1 Å². The Labute approximate surface area is 179 Å². The van der Waals surface area contributed by atoms with Gasteiger partial charge in [0.25, 0.3) is 0 Å². The van der Waals surface area contributed by atoms with Gasteiger partial charge < -0.3 is 23.7 Å². The second-order valence-corrected chi connectivity index (χ2v) is 7.48. The lowest BCUT2D eigenvalue weighted by Crippen LogP contribution is -2.14. The fourth-order valence-corrected chi connectivity index (χ4v) is 3.71. The molecule has 0 atom stereocenters. The molecule has 7 nitrogen and oxygen atoms in total. The van der Waals surface area contributed by atoms with Crippen LogP contribution in [0.2, 0.25) is 0 Å². The summed E-state index contributed by atoms with van der Waals surface area (Å²) in [6.07, 6.45) is 0. The summed E-state index contributed by atoms with van der Waals surface area (Å²) in [7, 11) is 0. The number of nitrogens with zero attached hydrogens (tertiary/aromatic N) is 2. The minimum atomic E-state index is 0.473. The second-order valence-electron chi connectivity index (χ2n) is 6.50. The first-order chi connectivity index (χ1) is 14.9. The first-order valence-corrected chi connectivity index (χ1v) is 10.7. The number of aromatic nitrogens is 2. The number of fused-ring (bicyclic) bond motifs is 8. The molecule has 6 bridgehead atoms. The van der Waals surface area contributed by atoms with E-state index in [1.54, 1.807) is 0 Å². The zero-order chi connectivity index (χ0) is 20.4. The molecule has 3 aromatic rings. The molecule has 1 aliphatic heterocycles. The van der Waals surface area contributed by atoms with Crippen molar-refractivity contribution in [2.45, 2.75) is 0 Å². The normalized spacial score (nSPS) is 16.4. The average Bonchev–Trinajstić information content (AvgIpc) is 3.27. The van der Waals surface area contributed by atoms with E-state index in [1.165, 1.54) is 11.3 Å². The fourth-order valence-electron chi connectivity index (χ4n) is 2.87. The largest absolute Gasteiger partial charge is 0.491 e. The molecule has 0 fully saturated rings. The molecular formula is C22H24N2O5S. The van der Waals surface area contributed by atoms with Crippen LogP contribution >= 0.6 is 11.3 Å². The van der Waals surface area contributed by atoms with Crippen LogP contribution in [0.1, 0.15) is 0 Å². The van der Waals surface area contributed by atoms with Gasteiger partial charge >= 0.3 is 0 Å². The highest BCUT2D eigenvalue weighted by Gasteiger charge is 2.10. The van der Waals surface area contributed by atoms with E-state index in [1.807, 2.05) is 48.5 Å². The molecule has 0 saturated heterocycles. The molecule has 0 radical (unpaired) electrons. The van der Waals surface area contributed by atoms with Crippen LogP contribution in [0.5, 0.6) is 11.5 Å². The maximum absolute atomic E-state index is 5.80. The van der Waals surface area contributed by atoms with E-state index >= 15 is 0 Å². The molecule has 0 amide bonds. The Morgan fingerprint density at radius 1 is 0.567 bits per heavy atom. The summed E-state index contributed by atoms with van der Waals surface area (Å²) in [6.45, 7) is 4.05. The third-order valence-electron chi connectivity index (χ3n) is 4.32. The Kier molecular flexibility index (Phi) is 7.63. The third-order valence-corrected chi connectivity index (χ3v) is 5.35. The predicted molar refractivity (Wildman–Crippen MR) is 114 cm³/mol. The van der Waals surface area contributed by atoms with Gasteiger partial charge in [0.2, 0.25) is 0 Å². The fraction of sp³-hybridized carbons (Fsp3) is 0.364. The van der Waals surface area contributed by atoms with E-state index in [2.05, 4.69) is 10.2 Å². The number of ether oxygens (including phenoxy) is 5. The van der Waals surface area contributed by atoms with Crippen LogP contribution in [-0.4, -0.2) is 63.1 Å². The SMILES string of the molecule is c1cc2cc(c1)-c1nnc(s1)-c1cccc(c1)OCCOCCOCCOCCO2. The van der Waals surface area contributed by atoms with Gasteiger partial charge in [0.1, 0.15) is 34.7 Å². The Balaban J connectivity index is 1.50. The first-order valence-electron chi connectivity index (χ1n) is 9.92. The standard InChI is InChI=1S/C22H24N2O5S/c1-3-17-15-19(5-1)28-13-11-26-9-7-25-8-10-27-12-14-29-20-6-2-4-18(16-20)22-24-23-21(17)30-22/h1-6,15-16H,7-14H2. The Hall–Kier alpha value is -2.52. The molecule has 1 aromatic heterocycles. The van der Waals surface area contributed by atoms with Crippen molar-refractivity contribution < 1.29 is 23.7 Å². The van der Waals surface area contributed by atoms with Gasteiger partial charge in [0.15, 0.2) is 0 Å². The van der Waals surface area contributed by atoms with Gasteiger partial charge in [-0.25, -0.2) is 0 Å². The molecule has 0 unspecified atom stereocenters. The van der Waals surface area contributed by atoms with Crippen molar-refractivity contribution >= 4 is 11.3 Å². The van der Waals surface area contributed by atoms with Crippen molar-refractivity contribution in [1.82, 2.24) is 10.2 Å². The van der Waals surface area contributed by atoms with E-state index < -0.39 is 0 Å². The van der Waals surface area contributed by atoms with Crippen molar-refractivity contribution in [1.29, 1.82) is 0 Å². The van der Waals surface area contributed by atoms with E-state index in [4.69, 9.17) is 23.7 Å². The van der Waals surface area contributed by atoms with E-state index in [0.29, 0.717) is 52.9 Å². The predicted octanol–water partition coefficient (Wildman–Crippen LogP) is 3.69. The molecular weight excluding hydrogens is 404 g/mol. The van der Waals surface area contributed by atoms with Crippen molar-refractivity contribution in [2.24, 2.45) is 0 Å². The van der Waals surface area contributed by atoms with Gasteiger partial charge in [-0.2, -0.15) is 0 Å². The zero-order valence-corrected chi connectivity index (χ0v) is 17.4. The summed E-state index contributed by atoms with van der Waals surface area (Å²) in [5.41, 5.74) is 1.94. The van der Waals surface area contributed by atoms with Crippen molar-refractivity contribution in [3.05, 3.63) is 48.5 Å². The molecule has 2 heterocycles. The third kappa shape index (κ3) is 5.99. The van der Waals surface area contributed by atoms with Crippen LogP contribution in [-0.2, 0) is 14.2 Å². The lowest BCUT2D eigenvalue weighted by atomic mass is 10.2. The van der Waals surface area contributed by atoms with E-state index in [9.17, 15) is 0 Å². The molecule has 0 saturated carbocycles. The molecule has 1 aliphatic rings. The number of benzene rings is 2. The molecule has 2 aromatic carbocycles. The molecule has 0 aliphatic carbocycles. The van der Waals surface area contributed by atoms with E-state index in [0.717, 1.165) is 32.6 Å². The summed E-state index contributed by atoms with van der Waals surface area (Å²) in [6, 6.07) is 15.7. The van der Waals surface area contributed by atoms with Crippen LogP contribution in [0.3, 0.4) is 0 Å². The van der Waals surface area contributed by atoms with Crippen molar-refractivity contribution in [3.8, 4) is 32.6 Å². The van der Waals surface area contributed by atoms with E-state index in [-0.39, 0.29) is 0 Å². The molecule has 0 spiro atoms. The quantitative estimate of drug-likeness (QED) is 0.541. The molecule has 4 rings (SSSR count). The van der Waals surface area contributed by atoms with Gasteiger partial charge in [-0.05, 0) is 24.3 Å². The van der Waals surface area contributed by atoms with Gasteiger partial charge in [0.05, 0.1) is 39.6 Å². The van der Waals surface area contributed by atoms with Crippen LogP contribution in [0.15, 0.2) is 48.5 Å². The maximum atomic E-state index is 5.80. The van der Waals surface area contributed by atoms with Crippen molar-refractivity contribution in [3.63, 3.8) is 0 Å². The highest BCUT2D eigenvalue weighted by Crippen LogP contribution is 2.32. The average molecular weight is 429 g/mol. The van der Waals surface area contributed by atoms with Crippen LogP contribution in [0.25, 0.3) is 21.1 Å². The Morgan fingerprint density at radius 3 is 1.47 bits per heavy atom. The molecule has 158 valence electrons. The van der Waals surface area contributed by atoms with Crippen LogP contribution in [0.4, 0.5) is 0 Å². The lowest BCUT2D eigenvalue weighted by molar-refractivity contribution is 0.00499. The molecule has 30 heavy (non-hydrogen) atoms. The highest BCUT2D eigenvalue weighted by molar-refractivity contribution is 7.17. The Bertz CT molecular complexity index is 861. The minimum Gasteiger partial charge on any atom is -0.491 e. The van der Waals surface area contributed by atoms with Gasteiger partial charge in [-0.3, -0.25) is 0 Å². The maximum Gasteiger partial charge on any atom is 0.148 e. The summed E-state index contributed by atoms with van der Waals surface area (Å²) < 4.78 is 28.1. The lowest BCUT2D eigenvalue weighted by Gasteiger charge is -2.10. The zero-order valence-electron chi connectivity index (χ0n) is 16.6. The summed E-state index contributed by atoms with van der Waals surface area (Å²) in [5.74, 6) is 1.55.